The van der Waals surface area contributed by atoms with Gasteiger partial charge in [0.05, 0.1) is 30.0 Å². The second kappa shape index (κ2) is 10.8. The van der Waals surface area contributed by atoms with E-state index < -0.39 is 6.04 Å². The lowest BCUT2D eigenvalue weighted by atomic mass is 9.95. The standard InChI is InChI=1S/C25H32Cl2N4O4/c1-4-31-20-13-30(14-21(32)29(11-15(2)3)12-17-6-5-9-35-17)24(33)22(20)23(28-25(31)34)18-8-7-16(26)10-19(18)27/h7-8,10,15,17,23H,4-6,9,11-14H2,1-3H3,(H,28,34)/t17-,23+/m0/s1. The number of halogens is 2. The Morgan fingerprint density at radius 1 is 1.29 bits per heavy atom. The fourth-order valence-corrected chi connectivity index (χ4v) is 5.51. The molecule has 0 radical (unpaired) electrons. The summed E-state index contributed by atoms with van der Waals surface area (Å²) in [6.07, 6.45) is 1.97. The number of hydrogen-bond acceptors (Lipinski definition) is 4. The normalized spacial score (nSPS) is 22.2. The lowest BCUT2D eigenvalue weighted by molar-refractivity contribution is -0.139. The van der Waals surface area contributed by atoms with Gasteiger partial charge in [0.25, 0.3) is 5.91 Å². The molecule has 4 rings (SSSR count). The van der Waals surface area contributed by atoms with Gasteiger partial charge in [-0.15, -0.1) is 0 Å². The maximum absolute atomic E-state index is 13.6. The number of carbonyl (C=O) groups excluding carboxylic acids is 3. The van der Waals surface area contributed by atoms with Gasteiger partial charge in [-0.05, 0) is 43.4 Å². The minimum atomic E-state index is -0.712. The Morgan fingerprint density at radius 3 is 2.69 bits per heavy atom. The Labute approximate surface area is 216 Å². The van der Waals surface area contributed by atoms with Crippen LogP contribution < -0.4 is 5.32 Å². The Kier molecular flexibility index (Phi) is 7.93. The van der Waals surface area contributed by atoms with E-state index in [1.54, 1.807) is 28.0 Å². The van der Waals surface area contributed by atoms with Crippen molar-refractivity contribution in [3.63, 3.8) is 0 Å². The summed E-state index contributed by atoms with van der Waals surface area (Å²) in [5.74, 6) is -0.106. The smallest absolute Gasteiger partial charge is 0.322 e. The number of ether oxygens (including phenoxy) is 1. The molecular weight excluding hydrogens is 491 g/mol. The van der Waals surface area contributed by atoms with E-state index in [0.29, 0.717) is 46.5 Å². The van der Waals surface area contributed by atoms with Crippen molar-refractivity contribution in [1.82, 2.24) is 20.0 Å². The van der Waals surface area contributed by atoms with Crippen molar-refractivity contribution in [3.05, 3.63) is 45.1 Å². The molecule has 10 heteroatoms. The van der Waals surface area contributed by atoms with Gasteiger partial charge in [0.15, 0.2) is 0 Å². The van der Waals surface area contributed by atoms with Crippen LogP contribution in [0.15, 0.2) is 29.5 Å². The van der Waals surface area contributed by atoms with Gasteiger partial charge in [0.2, 0.25) is 5.91 Å². The Morgan fingerprint density at radius 2 is 2.06 bits per heavy atom. The summed E-state index contributed by atoms with van der Waals surface area (Å²) >= 11 is 12.5. The number of rotatable bonds is 8. The molecule has 4 amide bonds. The van der Waals surface area contributed by atoms with E-state index in [0.717, 1.165) is 19.4 Å². The second-order valence-corrected chi connectivity index (χ2v) is 10.5. The van der Waals surface area contributed by atoms with E-state index in [-0.39, 0.29) is 43.0 Å². The van der Waals surface area contributed by atoms with Crippen molar-refractivity contribution in [1.29, 1.82) is 0 Å². The maximum atomic E-state index is 13.6. The highest BCUT2D eigenvalue weighted by Crippen LogP contribution is 2.39. The van der Waals surface area contributed by atoms with Crippen LogP contribution in [-0.4, -0.2) is 78.0 Å². The number of nitrogens with zero attached hydrogens (tertiary/aromatic N) is 3. The Balaban J connectivity index is 1.57. The first-order valence-corrected chi connectivity index (χ1v) is 12.9. The number of urea groups is 1. The van der Waals surface area contributed by atoms with Crippen LogP contribution >= 0.6 is 23.2 Å². The molecule has 1 aromatic carbocycles. The van der Waals surface area contributed by atoms with Crippen LogP contribution in [0.1, 0.15) is 45.2 Å². The van der Waals surface area contributed by atoms with Crippen molar-refractivity contribution >= 4 is 41.0 Å². The fourth-order valence-electron chi connectivity index (χ4n) is 5.00. The Bertz CT molecular complexity index is 1040. The van der Waals surface area contributed by atoms with Crippen molar-refractivity contribution in [2.75, 3.05) is 39.3 Å². The fraction of sp³-hybridized carbons (Fsp3) is 0.560. The molecule has 0 aliphatic carbocycles. The third kappa shape index (κ3) is 5.44. The zero-order valence-corrected chi connectivity index (χ0v) is 21.9. The van der Waals surface area contributed by atoms with Crippen molar-refractivity contribution < 1.29 is 19.1 Å². The van der Waals surface area contributed by atoms with Crippen LogP contribution in [0.3, 0.4) is 0 Å². The van der Waals surface area contributed by atoms with Gasteiger partial charge in [0, 0.05) is 36.3 Å². The third-order valence-corrected chi connectivity index (χ3v) is 7.16. The molecule has 35 heavy (non-hydrogen) atoms. The first-order valence-electron chi connectivity index (χ1n) is 12.1. The quantitative estimate of drug-likeness (QED) is 0.562. The molecule has 3 heterocycles. The summed E-state index contributed by atoms with van der Waals surface area (Å²) in [7, 11) is 0. The van der Waals surface area contributed by atoms with Crippen molar-refractivity contribution in [2.24, 2.45) is 5.92 Å². The highest BCUT2D eigenvalue weighted by Gasteiger charge is 2.44. The number of carbonyl (C=O) groups is 3. The number of benzene rings is 1. The lowest BCUT2D eigenvalue weighted by Gasteiger charge is -2.33. The summed E-state index contributed by atoms with van der Waals surface area (Å²) < 4.78 is 5.75. The molecule has 0 bridgehead atoms. The van der Waals surface area contributed by atoms with Crippen molar-refractivity contribution in [3.8, 4) is 0 Å². The van der Waals surface area contributed by atoms with Gasteiger partial charge in [-0.1, -0.05) is 43.1 Å². The van der Waals surface area contributed by atoms with Crippen LogP contribution in [-0.2, 0) is 14.3 Å². The van der Waals surface area contributed by atoms with Crippen LogP contribution in [0.2, 0.25) is 10.0 Å². The molecule has 2 atom stereocenters. The molecule has 0 saturated carbocycles. The number of nitrogens with one attached hydrogen (secondary N) is 1. The molecule has 3 aliphatic heterocycles. The largest absolute Gasteiger partial charge is 0.376 e. The topological polar surface area (TPSA) is 82.2 Å². The molecule has 1 saturated heterocycles. The summed E-state index contributed by atoms with van der Waals surface area (Å²) in [6.45, 7) is 8.36. The first kappa shape index (κ1) is 25.8. The van der Waals surface area contributed by atoms with Gasteiger partial charge in [0.1, 0.15) is 6.54 Å². The molecule has 8 nitrogen and oxygen atoms in total. The van der Waals surface area contributed by atoms with E-state index >= 15 is 0 Å². The maximum Gasteiger partial charge on any atom is 0.322 e. The van der Waals surface area contributed by atoms with E-state index in [1.807, 2.05) is 6.92 Å². The van der Waals surface area contributed by atoms with Crippen LogP contribution in [0, 0.1) is 5.92 Å². The first-order chi connectivity index (χ1) is 16.7. The third-order valence-electron chi connectivity index (χ3n) is 6.60. The predicted octanol–water partition coefficient (Wildman–Crippen LogP) is 3.84. The minimum absolute atomic E-state index is 0.0344. The van der Waals surface area contributed by atoms with Crippen LogP contribution in [0.4, 0.5) is 4.79 Å². The molecule has 1 aromatic rings. The van der Waals surface area contributed by atoms with Gasteiger partial charge < -0.3 is 19.9 Å². The monoisotopic (exact) mass is 522 g/mol. The summed E-state index contributed by atoms with van der Waals surface area (Å²) in [6, 6.07) is 3.97. The summed E-state index contributed by atoms with van der Waals surface area (Å²) in [4.78, 5) is 44.7. The van der Waals surface area contributed by atoms with Crippen molar-refractivity contribution in [2.45, 2.75) is 45.8 Å². The van der Waals surface area contributed by atoms with Gasteiger partial charge in [-0.2, -0.15) is 0 Å². The zero-order valence-electron chi connectivity index (χ0n) is 20.4. The average Bonchev–Trinajstić information content (AvgIpc) is 3.41. The molecule has 0 spiro atoms. The van der Waals surface area contributed by atoms with E-state index in [1.165, 1.54) is 4.90 Å². The minimum Gasteiger partial charge on any atom is -0.376 e. The highest BCUT2D eigenvalue weighted by molar-refractivity contribution is 6.35. The van der Waals surface area contributed by atoms with Crippen LogP contribution in [0.25, 0.3) is 0 Å². The summed E-state index contributed by atoms with van der Waals surface area (Å²) in [5.41, 5.74) is 1.65. The van der Waals surface area contributed by atoms with Crippen LogP contribution in [0.5, 0.6) is 0 Å². The molecule has 0 unspecified atom stereocenters. The Hall–Kier alpha value is -2.29. The molecule has 1 N–H and O–H groups in total. The average molecular weight is 523 g/mol. The molecular formula is C25H32Cl2N4O4. The lowest BCUT2D eigenvalue weighted by Crippen LogP contribution is -2.47. The number of hydrogen-bond donors (Lipinski definition) is 1. The molecule has 0 aromatic heterocycles. The number of amides is 4. The second-order valence-electron chi connectivity index (χ2n) is 9.64. The number of likely N-dealkylation sites (N-methyl/N-ethyl adjacent to an activating group) is 1. The van der Waals surface area contributed by atoms with Gasteiger partial charge >= 0.3 is 6.03 Å². The van der Waals surface area contributed by atoms with E-state index in [4.69, 9.17) is 27.9 Å². The predicted molar refractivity (Wildman–Crippen MR) is 134 cm³/mol. The molecule has 3 aliphatic rings. The van der Waals surface area contributed by atoms with E-state index in [2.05, 4.69) is 19.2 Å². The molecule has 190 valence electrons. The highest BCUT2D eigenvalue weighted by atomic mass is 35.5. The van der Waals surface area contributed by atoms with Gasteiger partial charge in [-0.3, -0.25) is 14.5 Å². The van der Waals surface area contributed by atoms with E-state index in [9.17, 15) is 14.4 Å². The van der Waals surface area contributed by atoms with Gasteiger partial charge in [-0.25, -0.2) is 4.79 Å². The zero-order chi connectivity index (χ0) is 25.3. The SMILES string of the molecule is CCN1C(=O)N[C@H](c2ccc(Cl)cc2Cl)C2=C1CN(CC(=O)N(CC(C)C)C[C@@H]1CCCO1)C2=O. The molecule has 1 fully saturated rings. The summed E-state index contributed by atoms with van der Waals surface area (Å²) in [5, 5.41) is 3.74.